The highest BCUT2D eigenvalue weighted by atomic mass is 35.5. The molecule has 0 aromatic heterocycles. The number of hydrogen-bond donors (Lipinski definition) is 1. The first-order chi connectivity index (χ1) is 14.6. The van der Waals surface area contributed by atoms with E-state index in [-0.39, 0.29) is 12.3 Å². The summed E-state index contributed by atoms with van der Waals surface area (Å²) in [5, 5.41) is 9.50. The number of rotatable bonds is 9. The second kappa shape index (κ2) is 11.5. The number of aliphatic carboxylic acids is 1. The Kier molecular flexibility index (Phi) is 8.74. The molecule has 2 aromatic carbocycles. The van der Waals surface area contributed by atoms with Gasteiger partial charge in [-0.25, -0.2) is 0 Å². The molecule has 1 aliphatic heterocycles. The van der Waals surface area contributed by atoms with Crippen LogP contribution in [0.2, 0.25) is 5.02 Å². The lowest BCUT2D eigenvalue weighted by Crippen LogP contribution is -2.23. The normalized spacial score (nSPS) is 22.4. The predicted octanol–water partition coefficient (Wildman–Crippen LogP) is 6.61. The lowest BCUT2D eigenvalue weighted by molar-refractivity contribution is -0.136. The summed E-state index contributed by atoms with van der Waals surface area (Å²) in [7, 11) is 2.25. The Morgan fingerprint density at radius 1 is 1.17 bits per heavy atom. The van der Waals surface area contributed by atoms with Crippen molar-refractivity contribution in [1.82, 2.24) is 0 Å². The zero-order chi connectivity index (χ0) is 21.3. The molecule has 30 heavy (non-hydrogen) atoms. The fraction of sp³-hybridized carbons (Fsp3) is 0.375. The molecule has 1 unspecified atom stereocenters. The summed E-state index contributed by atoms with van der Waals surface area (Å²) in [6.45, 7) is 0.661. The van der Waals surface area contributed by atoms with E-state index in [1.165, 1.54) is 5.56 Å². The van der Waals surface area contributed by atoms with Gasteiger partial charge in [-0.15, -0.1) is 0 Å². The lowest BCUT2D eigenvalue weighted by atomic mass is 9.93. The van der Waals surface area contributed by atoms with Gasteiger partial charge in [0.1, 0.15) is 11.6 Å². The first-order valence-corrected chi connectivity index (χ1v) is 11.7. The molecule has 1 aliphatic rings. The first-order valence-electron chi connectivity index (χ1n) is 10.2. The molecule has 0 bridgehead atoms. The molecule has 0 aliphatic carbocycles. The number of carbonyl (C=O) groups is 1. The summed E-state index contributed by atoms with van der Waals surface area (Å²) in [5.41, 5.74) is 2.59. The zero-order valence-corrected chi connectivity index (χ0v) is 18.8. The van der Waals surface area contributed by atoms with Crippen LogP contribution in [-0.2, 0) is 9.53 Å². The maximum Gasteiger partial charge on any atom is 0.303 e. The SMILES string of the molecule is COc1ccccc1[C@H]1P[C@@H](c2ccccc2Cl)OC[C@H]1CC/C=C\CCC(=O)O. The Balaban J connectivity index is 1.75. The standard InChI is InChI=1S/C24H28ClO4P/c1-28-21-14-9-7-12-19(21)23-17(10-4-2-3-5-15-22(26)27)16-29-24(30-23)18-11-6-8-13-20(18)25/h2-3,6-9,11-14,17,23-24,30H,4-5,10,15-16H2,1H3,(H,26,27)/b3-2-/t17-,23+,24+/m1/s1. The monoisotopic (exact) mass is 446 g/mol. The van der Waals surface area contributed by atoms with E-state index >= 15 is 0 Å². The largest absolute Gasteiger partial charge is 0.496 e. The molecule has 1 saturated heterocycles. The van der Waals surface area contributed by atoms with E-state index in [2.05, 4.69) is 18.2 Å². The van der Waals surface area contributed by atoms with Crippen LogP contribution < -0.4 is 4.74 Å². The van der Waals surface area contributed by atoms with Gasteiger partial charge in [-0.2, -0.15) is 0 Å². The third-order valence-electron chi connectivity index (χ3n) is 5.34. The number of carboxylic acid groups (broad SMARTS) is 1. The van der Waals surface area contributed by atoms with Gasteiger partial charge in [-0.05, 0) is 37.3 Å². The minimum absolute atomic E-state index is 0.0176. The van der Waals surface area contributed by atoms with Crippen LogP contribution in [0.25, 0.3) is 0 Å². The van der Waals surface area contributed by atoms with Gasteiger partial charge in [0.05, 0.1) is 13.7 Å². The van der Waals surface area contributed by atoms with E-state index in [9.17, 15) is 4.79 Å². The van der Waals surface area contributed by atoms with Gasteiger partial charge in [-0.1, -0.05) is 68.7 Å². The third-order valence-corrected chi connectivity index (χ3v) is 7.60. The number of methoxy groups -OCH3 is 1. The van der Waals surface area contributed by atoms with E-state index in [1.807, 2.05) is 42.5 Å². The third kappa shape index (κ3) is 6.07. The lowest BCUT2D eigenvalue weighted by Gasteiger charge is -2.37. The highest BCUT2D eigenvalue weighted by Gasteiger charge is 2.34. The molecule has 0 spiro atoms. The van der Waals surface area contributed by atoms with Crippen molar-refractivity contribution >= 4 is 26.2 Å². The van der Waals surface area contributed by atoms with Crippen molar-refractivity contribution in [1.29, 1.82) is 0 Å². The van der Waals surface area contributed by atoms with Crippen LogP contribution in [0.15, 0.2) is 60.7 Å². The summed E-state index contributed by atoms with van der Waals surface area (Å²) in [4.78, 5) is 10.6. The highest BCUT2D eigenvalue weighted by molar-refractivity contribution is 7.38. The molecule has 1 heterocycles. The summed E-state index contributed by atoms with van der Waals surface area (Å²) in [5.74, 6) is 0.499. The number of allylic oxidation sites excluding steroid dienone is 2. The summed E-state index contributed by atoms with van der Waals surface area (Å²) in [6, 6.07) is 16.1. The minimum atomic E-state index is -0.761. The number of hydrogen-bond acceptors (Lipinski definition) is 3. The Morgan fingerprint density at radius 2 is 1.87 bits per heavy atom. The van der Waals surface area contributed by atoms with Gasteiger partial charge in [-0.3, -0.25) is 4.79 Å². The van der Waals surface area contributed by atoms with E-state index in [0.29, 0.717) is 33.2 Å². The van der Waals surface area contributed by atoms with Crippen molar-refractivity contribution < 1.29 is 19.4 Å². The van der Waals surface area contributed by atoms with Gasteiger partial charge in [0.2, 0.25) is 0 Å². The molecule has 0 saturated carbocycles. The fourth-order valence-electron chi connectivity index (χ4n) is 3.80. The quantitative estimate of drug-likeness (QED) is 0.347. The Labute approximate surface area is 185 Å². The summed E-state index contributed by atoms with van der Waals surface area (Å²) < 4.78 is 11.9. The van der Waals surface area contributed by atoms with Gasteiger partial charge >= 0.3 is 5.97 Å². The van der Waals surface area contributed by atoms with Crippen LogP contribution in [0, 0.1) is 5.92 Å². The molecular weight excluding hydrogens is 419 g/mol. The van der Waals surface area contributed by atoms with Gasteiger partial charge in [0, 0.05) is 28.2 Å². The van der Waals surface area contributed by atoms with Crippen molar-refractivity contribution in [3.8, 4) is 5.75 Å². The Hall–Kier alpha value is -1.87. The van der Waals surface area contributed by atoms with Crippen molar-refractivity contribution in [2.45, 2.75) is 37.2 Å². The number of benzene rings is 2. The van der Waals surface area contributed by atoms with E-state index < -0.39 is 5.97 Å². The molecule has 160 valence electrons. The van der Waals surface area contributed by atoms with Crippen molar-refractivity contribution in [3.05, 3.63) is 76.8 Å². The van der Waals surface area contributed by atoms with Crippen LogP contribution >= 0.6 is 20.2 Å². The Bertz CT molecular complexity index is 870. The molecule has 4 atom stereocenters. The zero-order valence-electron chi connectivity index (χ0n) is 17.1. The molecule has 2 aromatic rings. The molecule has 1 N–H and O–H groups in total. The topological polar surface area (TPSA) is 55.8 Å². The first kappa shape index (κ1) is 22.8. The molecule has 0 amide bonds. The highest BCUT2D eigenvalue weighted by Crippen LogP contribution is 2.57. The molecule has 6 heteroatoms. The molecule has 1 fully saturated rings. The molecular formula is C24H28ClO4P. The molecule has 4 nitrogen and oxygen atoms in total. The summed E-state index contributed by atoms with van der Waals surface area (Å²) in [6.07, 6.45) is 6.68. The number of carboxylic acids is 1. The summed E-state index contributed by atoms with van der Waals surface area (Å²) >= 11 is 6.45. The van der Waals surface area contributed by atoms with Crippen LogP contribution in [0.3, 0.4) is 0 Å². The molecule has 0 radical (unpaired) electrons. The number of ether oxygens (including phenoxy) is 2. The number of halogens is 1. The van der Waals surface area contributed by atoms with E-state index in [4.69, 9.17) is 26.2 Å². The molecule has 3 rings (SSSR count). The van der Waals surface area contributed by atoms with Crippen molar-refractivity contribution in [3.63, 3.8) is 0 Å². The van der Waals surface area contributed by atoms with Crippen LogP contribution in [0.4, 0.5) is 0 Å². The van der Waals surface area contributed by atoms with Gasteiger partial charge in [0.25, 0.3) is 0 Å². The van der Waals surface area contributed by atoms with Crippen molar-refractivity contribution in [2.75, 3.05) is 13.7 Å². The predicted molar refractivity (Wildman–Crippen MR) is 123 cm³/mol. The van der Waals surface area contributed by atoms with Crippen LogP contribution in [0.1, 0.15) is 48.3 Å². The maximum absolute atomic E-state index is 10.6. The average molecular weight is 447 g/mol. The van der Waals surface area contributed by atoms with Crippen LogP contribution in [0.5, 0.6) is 5.75 Å². The van der Waals surface area contributed by atoms with Gasteiger partial charge < -0.3 is 14.6 Å². The average Bonchev–Trinajstić information content (AvgIpc) is 2.76. The maximum atomic E-state index is 10.6. The van der Waals surface area contributed by atoms with Crippen molar-refractivity contribution in [2.24, 2.45) is 5.92 Å². The minimum Gasteiger partial charge on any atom is -0.496 e. The second-order valence-electron chi connectivity index (χ2n) is 7.36. The fourth-order valence-corrected chi connectivity index (χ4v) is 6.03. The van der Waals surface area contributed by atoms with Gasteiger partial charge in [0.15, 0.2) is 0 Å². The van der Waals surface area contributed by atoms with Crippen LogP contribution in [-0.4, -0.2) is 24.8 Å². The Morgan fingerprint density at radius 3 is 2.60 bits per heavy atom. The van der Waals surface area contributed by atoms with E-state index in [1.54, 1.807) is 7.11 Å². The number of para-hydroxylation sites is 1. The van der Waals surface area contributed by atoms with E-state index in [0.717, 1.165) is 29.2 Å². The second-order valence-corrected chi connectivity index (χ2v) is 9.25. The smallest absolute Gasteiger partial charge is 0.303 e.